The number of hydrogen-bond donors (Lipinski definition) is 2. The summed E-state index contributed by atoms with van der Waals surface area (Å²) in [4.78, 5) is 43.4. The molecule has 9 rings (SSSR count). The summed E-state index contributed by atoms with van der Waals surface area (Å²) in [6.45, 7) is 5.71. The van der Waals surface area contributed by atoms with Crippen LogP contribution < -0.4 is 14.8 Å². The van der Waals surface area contributed by atoms with Gasteiger partial charge in [-0.1, -0.05) is 78.0 Å². The zero-order chi connectivity index (χ0) is 49.5. The molecule has 4 aromatic carbocycles. The fourth-order valence-electron chi connectivity index (χ4n) is 8.38. The molecule has 366 valence electrons. The summed E-state index contributed by atoms with van der Waals surface area (Å²) in [6.07, 6.45) is 4.20. The lowest BCUT2D eigenvalue weighted by Gasteiger charge is -2.37. The summed E-state index contributed by atoms with van der Waals surface area (Å²) < 4.78 is 42.3. The molecule has 1 unspecified atom stereocenters. The van der Waals surface area contributed by atoms with Crippen molar-refractivity contribution in [3.63, 3.8) is 0 Å². The molecule has 0 saturated carbocycles. The maximum Gasteiger partial charge on any atom is 0.312 e. The van der Waals surface area contributed by atoms with Gasteiger partial charge in [0.1, 0.15) is 47.4 Å². The number of fused-ring (bicyclic) bond motifs is 1. The molecule has 71 heavy (non-hydrogen) atoms. The fraction of sp³-hybridized carbons (Fsp3) is 0.308. The van der Waals surface area contributed by atoms with Crippen molar-refractivity contribution in [2.75, 3.05) is 26.1 Å². The van der Waals surface area contributed by atoms with Gasteiger partial charge in [0, 0.05) is 30.4 Å². The highest BCUT2D eigenvalue weighted by Gasteiger charge is 2.48. The van der Waals surface area contributed by atoms with Gasteiger partial charge in [-0.2, -0.15) is 0 Å². The van der Waals surface area contributed by atoms with Crippen LogP contribution in [0.5, 0.6) is 11.5 Å². The average Bonchev–Trinajstić information content (AvgIpc) is 4.22. The normalized spacial score (nSPS) is 17.0. The van der Waals surface area contributed by atoms with E-state index in [4.69, 9.17) is 28.4 Å². The van der Waals surface area contributed by atoms with E-state index in [1.54, 1.807) is 91.8 Å². The molecule has 5 heterocycles. The topological polar surface area (TPSA) is 214 Å². The molecule has 1 saturated heterocycles. The number of aryl methyl sites for hydroxylation is 2. The number of esters is 1. The maximum absolute atomic E-state index is 13.3. The van der Waals surface area contributed by atoms with E-state index in [1.807, 2.05) is 84.9 Å². The molecule has 8 aromatic rings. The van der Waals surface area contributed by atoms with Crippen molar-refractivity contribution < 1.29 is 43.1 Å². The van der Waals surface area contributed by atoms with E-state index in [0.29, 0.717) is 46.9 Å². The predicted octanol–water partition coefficient (Wildman–Crippen LogP) is 6.53. The minimum atomic E-state index is -1.26. The third-order valence-corrected chi connectivity index (χ3v) is 12.2. The molecule has 19 nitrogen and oxygen atoms in total. The molecule has 1 aliphatic rings. The Labute approximate surface area is 409 Å². The number of anilines is 1. The van der Waals surface area contributed by atoms with Crippen LogP contribution >= 0.6 is 0 Å². The first-order chi connectivity index (χ1) is 34.4. The van der Waals surface area contributed by atoms with E-state index in [1.165, 1.54) is 12.7 Å². The van der Waals surface area contributed by atoms with Crippen molar-refractivity contribution >= 4 is 28.9 Å². The second-order valence-corrected chi connectivity index (χ2v) is 17.9. The zero-order valence-electron chi connectivity index (χ0n) is 39.9. The molecule has 4 aromatic heterocycles. The number of carbonyl (C=O) groups is 2. The molecule has 2 N–H and O–H groups in total. The van der Waals surface area contributed by atoms with Crippen LogP contribution in [0.2, 0.25) is 0 Å². The number of ether oxygens (including phenoxy) is 6. The number of carbonyl (C=O) groups excluding carboxylic acids is 2. The van der Waals surface area contributed by atoms with E-state index in [2.05, 4.69) is 35.6 Å². The van der Waals surface area contributed by atoms with Gasteiger partial charge in [-0.05, 0) is 73.9 Å². The lowest BCUT2D eigenvalue weighted by atomic mass is 9.80. The molecule has 1 amide bonds. The molecule has 0 bridgehead atoms. The number of aliphatic hydroxyl groups is 1. The molecule has 19 heteroatoms. The van der Waals surface area contributed by atoms with Crippen LogP contribution in [0.4, 0.5) is 5.82 Å². The third kappa shape index (κ3) is 10.4. The Balaban J connectivity index is 1.00. The smallest absolute Gasteiger partial charge is 0.312 e. The molecule has 1 aliphatic heterocycles. The maximum atomic E-state index is 13.3. The van der Waals surface area contributed by atoms with Crippen LogP contribution in [0.25, 0.3) is 11.2 Å². The summed E-state index contributed by atoms with van der Waals surface area (Å²) in [5, 5.41) is 24.0. The van der Waals surface area contributed by atoms with Crippen LogP contribution in [0.15, 0.2) is 141 Å². The third-order valence-electron chi connectivity index (χ3n) is 12.2. The van der Waals surface area contributed by atoms with Gasteiger partial charge in [0.2, 0.25) is 0 Å². The number of aliphatic hydroxyl groups excluding tert-OH is 1. The largest absolute Gasteiger partial charge is 0.497 e. The quantitative estimate of drug-likeness (QED) is 0.0652. The summed E-state index contributed by atoms with van der Waals surface area (Å²) in [5.74, 6) is 0.847. The van der Waals surface area contributed by atoms with Gasteiger partial charge in [-0.15, -0.1) is 5.10 Å². The summed E-state index contributed by atoms with van der Waals surface area (Å²) >= 11 is 0. The van der Waals surface area contributed by atoms with E-state index in [0.717, 1.165) is 22.4 Å². The number of rotatable bonds is 19. The Morgan fingerprint density at radius 3 is 2.14 bits per heavy atom. The van der Waals surface area contributed by atoms with Crippen LogP contribution in [0, 0.1) is 5.41 Å². The first-order valence-corrected chi connectivity index (χ1v) is 23.0. The Bertz CT molecular complexity index is 3000. The number of amides is 1. The predicted molar refractivity (Wildman–Crippen MR) is 258 cm³/mol. The van der Waals surface area contributed by atoms with E-state index >= 15 is 0 Å². The van der Waals surface area contributed by atoms with Gasteiger partial charge >= 0.3 is 5.97 Å². The average molecular weight is 963 g/mol. The number of nitrogens with one attached hydrogen (secondary N) is 1. The summed E-state index contributed by atoms with van der Waals surface area (Å²) in [6, 6.07) is 33.9. The molecule has 0 radical (unpaired) electrons. The SMILES string of the molecule is COc1ccc(C(OC[C@H]2O[C@@H](n3cnc4c(NC(=O)c5ccccc5)ncnc43)[C@@H](OCc3cn(CCc4cncn4COC(=O)C(C)(C)C)nn3)C2O)(c2ccccc2)c2ccc(OC)cc2)cc1. The summed E-state index contributed by atoms with van der Waals surface area (Å²) in [5.41, 5.74) is 2.97. The molecular weight excluding hydrogens is 909 g/mol. The Kier molecular flexibility index (Phi) is 14.3. The zero-order valence-corrected chi connectivity index (χ0v) is 39.9. The number of methoxy groups -OCH3 is 2. The van der Waals surface area contributed by atoms with Crippen molar-refractivity contribution in [1.82, 2.24) is 44.1 Å². The summed E-state index contributed by atoms with van der Waals surface area (Å²) in [7, 11) is 3.23. The number of benzene rings is 4. The number of nitrogens with zero attached hydrogens (tertiary/aromatic N) is 9. The first kappa shape index (κ1) is 48.2. The van der Waals surface area contributed by atoms with E-state index in [-0.39, 0.29) is 37.6 Å². The first-order valence-electron chi connectivity index (χ1n) is 23.0. The van der Waals surface area contributed by atoms with Crippen LogP contribution in [0.3, 0.4) is 0 Å². The van der Waals surface area contributed by atoms with Crippen molar-refractivity contribution in [2.24, 2.45) is 5.41 Å². The number of hydrogen-bond acceptors (Lipinski definition) is 15. The second kappa shape index (κ2) is 21.0. The molecule has 0 spiro atoms. The standard InChI is InChI=1S/C52H54N10O9/c1-51(2,3)50(65)69-33-60-31-53-26-39(60)24-25-61-27-38(58-59-61)28-68-45-44(63)42(71-49(45)62-32-56-43-46(54-30-55-47(43)62)57-48(64)34-12-8-6-9-13-34)29-70-52(35-14-10-7-11-15-35,36-16-20-40(66-4)21-17-36)37-18-22-41(67-5)23-19-37/h6-23,26-27,30-32,42,44-45,49,63H,24-25,28-29,33H2,1-5H3,(H,54,55,57,64)/t42-,44?,45+,49-/m1/s1. The lowest BCUT2D eigenvalue weighted by molar-refractivity contribution is -0.157. The van der Waals surface area contributed by atoms with E-state index < -0.39 is 35.6 Å². The minimum absolute atomic E-state index is 0.0406. The van der Waals surface area contributed by atoms with Gasteiger partial charge < -0.3 is 43.4 Å². The Morgan fingerprint density at radius 2 is 1.48 bits per heavy atom. The van der Waals surface area contributed by atoms with Gasteiger partial charge in [0.05, 0.1) is 51.7 Å². The van der Waals surface area contributed by atoms with E-state index in [9.17, 15) is 14.7 Å². The number of imidazole rings is 2. The van der Waals surface area contributed by atoms with Crippen molar-refractivity contribution in [2.45, 2.75) is 77.2 Å². The van der Waals surface area contributed by atoms with Gasteiger partial charge in [0.15, 0.2) is 29.9 Å². The van der Waals surface area contributed by atoms with Crippen molar-refractivity contribution in [3.05, 3.63) is 174 Å². The highest BCUT2D eigenvalue weighted by molar-refractivity contribution is 6.06. The van der Waals surface area contributed by atoms with Crippen LogP contribution in [0.1, 0.15) is 65.4 Å². The lowest BCUT2D eigenvalue weighted by Crippen LogP contribution is -2.40. The molecule has 1 fully saturated rings. The second-order valence-electron chi connectivity index (χ2n) is 17.9. The molecule has 0 aliphatic carbocycles. The Hall–Kier alpha value is -7.84. The fourth-order valence-corrected chi connectivity index (χ4v) is 8.38. The van der Waals surface area contributed by atoms with Gasteiger partial charge in [0.25, 0.3) is 5.91 Å². The Morgan fingerprint density at radius 1 is 0.817 bits per heavy atom. The highest BCUT2D eigenvalue weighted by Crippen LogP contribution is 2.43. The molecular formula is C52H54N10O9. The van der Waals surface area contributed by atoms with Gasteiger partial charge in [-0.3, -0.25) is 18.8 Å². The monoisotopic (exact) mass is 962 g/mol. The molecule has 4 atom stereocenters. The van der Waals surface area contributed by atoms with Crippen LogP contribution in [-0.2, 0) is 55.6 Å². The van der Waals surface area contributed by atoms with Crippen molar-refractivity contribution in [3.8, 4) is 11.5 Å². The van der Waals surface area contributed by atoms with Crippen molar-refractivity contribution in [1.29, 1.82) is 0 Å². The van der Waals surface area contributed by atoms with Gasteiger partial charge in [-0.25, -0.2) is 19.9 Å². The number of aromatic nitrogens is 9. The van der Waals surface area contributed by atoms with Crippen LogP contribution in [-0.4, -0.2) is 100 Å². The minimum Gasteiger partial charge on any atom is -0.497 e. The highest BCUT2D eigenvalue weighted by atomic mass is 16.6.